The van der Waals surface area contributed by atoms with Crippen molar-refractivity contribution >= 4 is 5.78 Å². The fourth-order valence-corrected chi connectivity index (χ4v) is 1.02. The molecule has 2 nitrogen and oxygen atoms in total. The monoisotopic (exact) mass is 157 g/mol. The van der Waals surface area contributed by atoms with Crippen molar-refractivity contribution in [2.45, 2.75) is 33.1 Å². The highest BCUT2D eigenvalue weighted by Crippen LogP contribution is 2.03. The number of ketones is 1. The fraction of sp³-hybridized carbons (Fsp3) is 0.889. The van der Waals surface area contributed by atoms with Crippen LogP contribution >= 0.6 is 0 Å². The third-order valence-electron chi connectivity index (χ3n) is 1.52. The summed E-state index contributed by atoms with van der Waals surface area (Å²) in [5.41, 5.74) is 0. The van der Waals surface area contributed by atoms with E-state index in [1.54, 1.807) is 0 Å². The number of hydrogen-bond donors (Lipinski definition) is 1. The summed E-state index contributed by atoms with van der Waals surface area (Å²) in [4.78, 5) is 11.1. The number of hydrogen-bond acceptors (Lipinski definition) is 2. The van der Waals surface area contributed by atoms with Crippen LogP contribution in [0, 0.1) is 5.92 Å². The molecule has 0 aromatic carbocycles. The zero-order valence-corrected chi connectivity index (χ0v) is 7.81. The first-order chi connectivity index (χ1) is 5.16. The van der Waals surface area contributed by atoms with Gasteiger partial charge in [-0.25, -0.2) is 0 Å². The Kier molecular flexibility index (Phi) is 6.13. The first kappa shape index (κ1) is 10.6. The van der Waals surface area contributed by atoms with Crippen LogP contribution in [0.4, 0.5) is 0 Å². The van der Waals surface area contributed by atoms with E-state index in [2.05, 4.69) is 19.2 Å². The Labute approximate surface area is 69.4 Å². The van der Waals surface area contributed by atoms with Crippen LogP contribution in [0.2, 0.25) is 0 Å². The Balaban J connectivity index is 3.23. The molecule has 1 N–H and O–H groups in total. The molecule has 0 rings (SSSR count). The normalized spacial score (nSPS) is 10.5. The van der Waals surface area contributed by atoms with Gasteiger partial charge in [-0.1, -0.05) is 13.8 Å². The van der Waals surface area contributed by atoms with Crippen LogP contribution in [0.1, 0.15) is 33.1 Å². The van der Waals surface area contributed by atoms with E-state index < -0.39 is 0 Å². The van der Waals surface area contributed by atoms with Crippen LogP contribution < -0.4 is 5.32 Å². The lowest BCUT2D eigenvalue weighted by molar-refractivity contribution is -0.119. The molecule has 0 saturated carbocycles. The molecule has 66 valence electrons. The van der Waals surface area contributed by atoms with E-state index in [4.69, 9.17) is 0 Å². The van der Waals surface area contributed by atoms with Gasteiger partial charge in [0, 0.05) is 12.8 Å². The summed E-state index contributed by atoms with van der Waals surface area (Å²) in [5.74, 6) is 0.910. The minimum atomic E-state index is 0.398. The van der Waals surface area contributed by atoms with Crippen LogP contribution in [-0.4, -0.2) is 19.4 Å². The van der Waals surface area contributed by atoms with Crippen molar-refractivity contribution in [3.8, 4) is 0 Å². The van der Waals surface area contributed by atoms with Gasteiger partial charge in [-0.15, -0.1) is 0 Å². The maximum Gasteiger partial charge on any atom is 0.133 e. The van der Waals surface area contributed by atoms with Crippen molar-refractivity contribution in [1.82, 2.24) is 5.32 Å². The molecule has 0 radical (unpaired) electrons. The molecule has 0 aliphatic carbocycles. The van der Waals surface area contributed by atoms with Gasteiger partial charge in [0.2, 0.25) is 0 Å². The second-order valence-corrected chi connectivity index (χ2v) is 3.34. The fourth-order valence-electron chi connectivity index (χ4n) is 1.02. The summed E-state index contributed by atoms with van der Waals surface area (Å²) >= 11 is 0. The van der Waals surface area contributed by atoms with Gasteiger partial charge in [-0.3, -0.25) is 4.79 Å². The van der Waals surface area contributed by atoms with E-state index in [0.717, 1.165) is 25.8 Å². The highest BCUT2D eigenvalue weighted by Gasteiger charge is 2.03. The molecule has 11 heavy (non-hydrogen) atoms. The molecule has 0 aromatic rings. The van der Waals surface area contributed by atoms with Crippen LogP contribution in [0.25, 0.3) is 0 Å². The molecule has 0 fully saturated rings. The van der Waals surface area contributed by atoms with Crippen LogP contribution in [-0.2, 0) is 4.79 Å². The molecule has 0 amide bonds. The van der Waals surface area contributed by atoms with E-state index in [0.29, 0.717) is 11.7 Å². The molecule has 0 spiro atoms. The number of rotatable bonds is 6. The molecular weight excluding hydrogens is 138 g/mol. The van der Waals surface area contributed by atoms with Crippen LogP contribution in [0.5, 0.6) is 0 Å². The molecule has 0 aromatic heterocycles. The molecule has 0 unspecified atom stereocenters. The van der Waals surface area contributed by atoms with E-state index in [1.165, 1.54) is 0 Å². The van der Waals surface area contributed by atoms with E-state index in [-0.39, 0.29) is 0 Å². The minimum Gasteiger partial charge on any atom is -0.320 e. The number of nitrogens with one attached hydrogen (secondary N) is 1. The van der Waals surface area contributed by atoms with Gasteiger partial charge >= 0.3 is 0 Å². The Morgan fingerprint density at radius 3 is 2.55 bits per heavy atom. The average Bonchev–Trinajstić information content (AvgIpc) is 1.86. The van der Waals surface area contributed by atoms with Crippen molar-refractivity contribution in [3.63, 3.8) is 0 Å². The quantitative estimate of drug-likeness (QED) is 0.593. The van der Waals surface area contributed by atoms with Gasteiger partial charge in [0.15, 0.2) is 0 Å². The highest BCUT2D eigenvalue weighted by atomic mass is 16.1. The zero-order valence-electron chi connectivity index (χ0n) is 7.81. The summed E-state index contributed by atoms with van der Waals surface area (Å²) < 4.78 is 0. The molecular formula is C9H19NO. The third kappa shape index (κ3) is 7.53. The van der Waals surface area contributed by atoms with Crippen molar-refractivity contribution in [3.05, 3.63) is 0 Å². The van der Waals surface area contributed by atoms with Gasteiger partial charge in [0.1, 0.15) is 5.78 Å². The number of Topliss-reactive ketones (excluding diaryl/α,β-unsaturated/α-hetero) is 1. The van der Waals surface area contributed by atoms with Crippen molar-refractivity contribution in [2.75, 3.05) is 13.6 Å². The maximum atomic E-state index is 11.1. The third-order valence-corrected chi connectivity index (χ3v) is 1.52. The van der Waals surface area contributed by atoms with Gasteiger partial charge in [0.25, 0.3) is 0 Å². The van der Waals surface area contributed by atoms with Gasteiger partial charge < -0.3 is 5.32 Å². The van der Waals surface area contributed by atoms with Gasteiger partial charge in [-0.2, -0.15) is 0 Å². The Bertz CT molecular complexity index is 110. The zero-order chi connectivity index (χ0) is 8.69. The lowest BCUT2D eigenvalue weighted by Crippen LogP contribution is -2.10. The first-order valence-electron chi connectivity index (χ1n) is 4.33. The maximum absolute atomic E-state index is 11.1. The minimum absolute atomic E-state index is 0.398. The van der Waals surface area contributed by atoms with Crippen molar-refractivity contribution in [1.29, 1.82) is 0 Å². The topological polar surface area (TPSA) is 29.1 Å². The molecule has 0 aliphatic heterocycles. The van der Waals surface area contributed by atoms with Gasteiger partial charge in [0.05, 0.1) is 0 Å². The predicted octanol–water partition coefficient (Wildman–Crippen LogP) is 1.60. The lowest BCUT2D eigenvalue weighted by Gasteiger charge is -2.02. The molecule has 0 heterocycles. The van der Waals surface area contributed by atoms with Crippen LogP contribution in [0.15, 0.2) is 0 Å². The van der Waals surface area contributed by atoms with Crippen molar-refractivity contribution < 1.29 is 4.79 Å². The molecule has 0 aliphatic rings. The molecule has 0 atom stereocenters. The Morgan fingerprint density at radius 1 is 1.45 bits per heavy atom. The number of carbonyl (C=O) groups is 1. The van der Waals surface area contributed by atoms with E-state index in [9.17, 15) is 4.79 Å². The summed E-state index contributed by atoms with van der Waals surface area (Å²) in [6.07, 6.45) is 2.45. The standard InChI is InChI=1S/C9H19NO/c1-8(2)7-9(11)5-4-6-10-3/h8,10H,4-7H2,1-3H3. The SMILES string of the molecule is CNCCCC(=O)CC(C)C. The molecule has 2 heteroatoms. The van der Waals surface area contributed by atoms with Crippen LogP contribution in [0.3, 0.4) is 0 Å². The molecule has 0 saturated heterocycles. The first-order valence-corrected chi connectivity index (χ1v) is 4.33. The van der Waals surface area contributed by atoms with Crippen molar-refractivity contribution in [2.24, 2.45) is 5.92 Å². The highest BCUT2D eigenvalue weighted by molar-refractivity contribution is 5.78. The summed E-state index contributed by atoms with van der Waals surface area (Å²) in [6, 6.07) is 0. The second kappa shape index (κ2) is 6.35. The van der Waals surface area contributed by atoms with E-state index >= 15 is 0 Å². The van der Waals surface area contributed by atoms with Gasteiger partial charge in [-0.05, 0) is 25.9 Å². The Hall–Kier alpha value is -0.370. The average molecular weight is 157 g/mol. The Morgan fingerprint density at radius 2 is 2.09 bits per heavy atom. The van der Waals surface area contributed by atoms with E-state index in [1.807, 2.05) is 7.05 Å². The second-order valence-electron chi connectivity index (χ2n) is 3.34. The smallest absolute Gasteiger partial charge is 0.133 e. The predicted molar refractivity (Wildman–Crippen MR) is 47.6 cm³/mol. The summed E-state index contributed by atoms with van der Waals surface area (Å²) in [5, 5.41) is 3.02. The lowest BCUT2D eigenvalue weighted by atomic mass is 10.0. The molecule has 0 bridgehead atoms. The summed E-state index contributed by atoms with van der Waals surface area (Å²) in [7, 11) is 1.91. The largest absolute Gasteiger partial charge is 0.320 e. The number of carbonyl (C=O) groups excluding carboxylic acids is 1. The summed E-state index contributed by atoms with van der Waals surface area (Å²) in [6.45, 7) is 5.11.